The molecule has 3 aromatic heterocycles. The van der Waals surface area contributed by atoms with E-state index in [0.717, 1.165) is 0 Å². The van der Waals surface area contributed by atoms with Crippen molar-refractivity contribution in [2.45, 2.75) is 18.9 Å². The van der Waals surface area contributed by atoms with Crippen LogP contribution in [0.15, 0.2) is 18.7 Å². The van der Waals surface area contributed by atoms with Crippen molar-refractivity contribution in [2.75, 3.05) is 18.8 Å². The van der Waals surface area contributed by atoms with Crippen LogP contribution >= 0.6 is 11.6 Å². The van der Waals surface area contributed by atoms with Crippen molar-refractivity contribution < 1.29 is 8.42 Å². The standard InChI is InChI=1S/C15H15ClN8O2S/c1-2-27(25,26)23-7-15(8-23,3-4-17)24-6-10(5-20-24)11-12-13(19-9-18-11)22-14(16)21-12/h5-6,9H,2-3,7-8H2,1H3,(H,18,19,21,22). The summed E-state index contributed by atoms with van der Waals surface area (Å²) in [5.41, 5.74) is 1.60. The highest BCUT2D eigenvalue weighted by molar-refractivity contribution is 7.89. The zero-order valence-electron chi connectivity index (χ0n) is 14.3. The zero-order chi connectivity index (χ0) is 19.2. The summed E-state index contributed by atoms with van der Waals surface area (Å²) in [5.74, 6) is 0.0273. The Kier molecular flexibility index (Phi) is 4.14. The molecule has 3 aromatic rings. The molecule has 10 nitrogen and oxygen atoms in total. The van der Waals surface area contributed by atoms with Crippen LogP contribution in [-0.2, 0) is 15.6 Å². The molecule has 27 heavy (non-hydrogen) atoms. The Morgan fingerprint density at radius 3 is 2.89 bits per heavy atom. The van der Waals surface area contributed by atoms with Gasteiger partial charge in [-0.2, -0.15) is 19.6 Å². The number of nitriles is 1. The van der Waals surface area contributed by atoms with Crippen LogP contribution in [0, 0.1) is 11.3 Å². The van der Waals surface area contributed by atoms with Gasteiger partial charge in [0.1, 0.15) is 23.1 Å². The van der Waals surface area contributed by atoms with Gasteiger partial charge in [-0.05, 0) is 18.5 Å². The van der Waals surface area contributed by atoms with Crippen molar-refractivity contribution in [3.8, 4) is 17.3 Å². The average molecular weight is 407 g/mol. The molecule has 0 aliphatic carbocycles. The lowest BCUT2D eigenvalue weighted by atomic mass is 9.89. The van der Waals surface area contributed by atoms with Crippen molar-refractivity contribution in [3.05, 3.63) is 24.0 Å². The number of aromatic amines is 1. The van der Waals surface area contributed by atoms with Gasteiger partial charge < -0.3 is 4.98 Å². The van der Waals surface area contributed by atoms with Crippen LogP contribution < -0.4 is 0 Å². The van der Waals surface area contributed by atoms with Crippen LogP contribution in [0.3, 0.4) is 0 Å². The molecule has 1 aliphatic heterocycles. The molecular weight excluding hydrogens is 392 g/mol. The first kappa shape index (κ1) is 17.8. The summed E-state index contributed by atoms with van der Waals surface area (Å²) < 4.78 is 27.1. The minimum Gasteiger partial charge on any atom is -0.325 e. The van der Waals surface area contributed by atoms with Gasteiger partial charge in [-0.3, -0.25) is 4.68 Å². The van der Waals surface area contributed by atoms with Crippen LogP contribution in [-0.4, -0.2) is 61.3 Å². The highest BCUT2D eigenvalue weighted by atomic mass is 35.5. The number of imidazole rings is 1. The monoisotopic (exact) mass is 406 g/mol. The number of H-pyrrole nitrogens is 1. The van der Waals surface area contributed by atoms with Gasteiger partial charge in [-0.15, -0.1) is 0 Å². The zero-order valence-corrected chi connectivity index (χ0v) is 15.9. The van der Waals surface area contributed by atoms with Crippen LogP contribution in [0.25, 0.3) is 22.4 Å². The first-order valence-electron chi connectivity index (χ1n) is 8.15. The second kappa shape index (κ2) is 6.26. The van der Waals surface area contributed by atoms with Crippen LogP contribution in [0.4, 0.5) is 0 Å². The normalized spacial score (nSPS) is 16.9. The van der Waals surface area contributed by atoms with Crippen molar-refractivity contribution in [1.82, 2.24) is 34.0 Å². The molecule has 1 N–H and O–H groups in total. The average Bonchev–Trinajstić information content (AvgIpc) is 3.23. The van der Waals surface area contributed by atoms with E-state index < -0.39 is 15.6 Å². The summed E-state index contributed by atoms with van der Waals surface area (Å²) in [4.78, 5) is 15.3. The van der Waals surface area contributed by atoms with E-state index in [1.807, 2.05) is 0 Å². The number of nitrogens with one attached hydrogen (secondary N) is 1. The quantitative estimate of drug-likeness (QED) is 0.628. The van der Waals surface area contributed by atoms with Crippen molar-refractivity contribution >= 4 is 32.8 Å². The Labute approximate surface area is 159 Å². The summed E-state index contributed by atoms with van der Waals surface area (Å²) >= 11 is 5.91. The Morgan fingerprint density at radius 2 is 2.19 bits per heavy atom. The molecule has 0 bridgehead atoms. The highest BCUT2D eigenvalue weighted by Gasteiger charge is 2.49. The second-order valence-electron chi connectivity index (χ2n) is 6.35. The molecule has 140 valence electrons. The van der Waals surface area contributed by atoms with E-state index in [9.17, 15) is 13.7 Å². The van der Waals surface area contributed by atoms with Gasteiger partial charge >= 0.3 is 0 Å². The summed E-state index contributed by atoms with van der Waals surface area (Å²) in [6.07, 6.45) is 4.91. The van der Waals surface area contributed by atoms with Crippen molar-refractivity contribution in [1.29, 1.82) is 5.26 Å². The maximum atomic E-state index is 12.1. The van der Waals surface area contributed by atoms with Gasteiger partial charge in [0.2, 0.25) is 15.3 Å². The first-order valence-corrected chi connectivity index (χ1v) is 10.1. The molecule has 1 saturated heterocycles. The summed E-state index contributed by atoms with van der Waals surface area (Å²) in [5, 5.41) is 13.8. The predicted octanol–water partition coefficient (Wildman–Crippen LogP) is 1.14. The molecule has 1 aliphatic rings. The number of hydrogen-bond acceptors (Lipinski definition) is 7. The molecule has 0 amide bonds. The highest BCUT2D eigenvalue weighted by Crippen LogP contribution is 2.35. The molecule has 0 unspecified atom stereocenters. The lowest BCUT2D eigenvalue weighted by molar-refractivity contribution is 0.0719. The van der Waals surface area contributed by atoms with Gasteiger partial charge in [0.25, 0.3) is 0 Å². The summed E-state index contributed by atoms with van der Waals surface area (Å²) in [6.45, 7) is 2.03. The van der Waals surface area contributed by atoms with Gasteiger partial charge in [-0.1, -0.05) is 0 Å². The minimum atomic E-state index is -3.30. The lowest BCUT2D eigenvalue weighted by Crippen LogP contribution is -2.64. The van der Waals surface area contributed by atoms with Crippen LogP contribution in [0.5, 0.6) is 0 Å². The third-order valence-corrected chi connectivity index (χ3v) is 6.66. The van der Waals surface area contributed by atoms with E-state index in [0.29, 0.717) is 22.4 Å². The molecule has 0 radical (unpaired) electrons. The van der Waals surface area contributed by atoms with Crippen molar-refractivity contribution in [2.24, 2.45) is 0 Å². The Morgan fingerprint density at radius 1 is 1.41 bits per heavy atom. The third-order valence-electron chi connectivity index (χ3n) is 4.71. The smallest absolute Gasteiger partial charge is 0.213 e. The molecule has 4 heterocycles. The molecule has 0 saturated carbocycles. The van der Waals surface area contributed by atoms with E-state index >= 15 is 0 Å². The van der Waals surface area contributed by atoms with E-state index in [4.69, 9.17) is 11.6 Å². The maximum absolute atomic E-state index is 12.1. The number of hydrogen-bond donors (Lipinski definition) is 1. The van der Waals surface area contributed by atoms with Crippen LogP contribution in [0.1, 0.15) is 13.3 Å². The Balaban J connectivity index is 1.70. The largest absolute Gasteiger partial charge is 0.325 e. The number of nitrogens with zero attached hydrogens (tertiary/aromatic N) is 7. The molecule has 12 heteroatoms. The number of rotatable bonds is 5. The fourth-order valence-corrected chi connectivity index (χ4v) is 4.61. The van der Waals surface area contributed by atoms with Gasteiger partial charge in [0.05, 0.1) is 24.4 Å². The van der Waals surface area contributed by atoms with E-state index in [-0.39, 0.29) is 30.5 Å². The van der Waals surface area contributed by atoms with Crippen LogP contribution in [0.2, 0.25) is 5.28 Å². The number of sulfonamides is 1. The lowest BCUT2D eigenvalue weighted by Gasteiger charge is -2.47. The molecule has 1 fully saturated rings. The maximum Gasteiger partial charge on any atom is 0.213 e. The minimum absolute atomic E-state index is 0.0273. The molecule has 0 atom stereocenters. The molecular formula is C15H15ClN8O2S. The second-order valence-corrected chi connectivity index (χ2v) is 8.97. The van der Waals surface area contributed by atoms with E-state index in [1.165, 1.54) is 10.6 Å². The SMILES string of the molecule is CCS(=O)(=O)N1CC(CC#N)(n2cc(-c3ncnc4nc(Cl)[nH]c34)cn2)C1. The summed E-state index contributed by atoms with van der Waals surface area (Å²) in [6, 6.07) is 2.14. The number of aromatic nitrogens is 6. The number of fused-ring (bicyclic) bond motifs is 1. The summed E-state index contributed by atoms with van der Waals surface area (Å²) in [7, 11) is -3.30. The molecule has 0 aromatic carbocycles. The van der Waals surface area contributed by atoms with Crippen molar-refractivity contribution in [3.63, 3.8) is 0 Å². The van der Waals surface area contributed by atoms with E-state index in [2.05, 4.69) is 31.1 Å². The van der Waals surface area contributed by atoms with E-state index in [1.54, 1.807) is 24.0 Å². The predicted molar refractivity (Wildman–Crippen MR) is 97.2 cm³/mol. The Bertz CT molecular complexity index is 1160. The third kappa shape index (κ3) is 2.86. The van der Waals surface area contributed by atoms with Gasteiger partial charge in [-0.25, -0.2) is 18.4 Å². The topological polar surface area (TPSA) is 133 Å². The number of halogens is 1. The fraction of sp³-hybridized carbons (Fsp3) is 0.400. The molecule has 0 spiro atoms. The van der Waals surface area contributed by atoms with Gasteiger partial charge in [0, 0.05) is 24.8 Å². The fourth-order valence-electron chi connectivity index (χ4n) is 3.20. The van der Waals surface area contributed by atoms with Gasteiger partial charge in [0.15, 0.2) is 5.65 Å². The molecule has 4 rings (SSSR count). The first-order chi connectivity index (χ1) is 12.9. The Hall–Kier alpha value is -2.55.